The van der Waals surface area contributed by atoms with E-state index in [9.17, 15) is 4.39 Å². The average Bonchev–Trinajstić information content (AvgIpc) is 3.17. The van der Waals surface area contributed by atoms with Gasteiger partial charge in [0, 0.05) is 56.6 Å². The Labute approximate surface area is 159 Å². The monoisotopic (exact) mass is 374 g/mol. The van der Waals surface area contributed by atoms with Crippen molar-refractivity contribution >= 4 is 5.69 Å². The predicted molar refractivity (Wildman–Crippen MR) is 101 cm³/mol. The fourth-order valence-corrected chi connectivity index (χ4v) is 4.07. The minimum Gasteiger partial charge on any atom is -0.385 e. The first-order chi connectivity index (χ1) is 13.1. The van der Waals surface area contributed by atoms with Gasteiger partial charge in [-0.05, 0) is 24.6 Å². The molecule has 2 aliphatic heterocycles. The molecular formula is C20H27FN4O2. The Kier molecular flexibility index (Phi) is 5.43. The molecule has 2 aromatic rings. The first-order valence-electron chi connectivity index (χ1n) is 9.51. The molecule has 0 bridgehead atoms. The summed E-state index contributed by atoms with van der Waals surface area (Å²) in [6.07, 6.45) is 4.91. The Morgan fingerprint density at radius 2 is 2.33 bits per heavy atom. The van der Waals surface area contributed by atoms with E-state index in [1.807, 2.05) is 24.0 Å². The van der Waals surface area contributed by atoms with Gasteiger partial charge in [0.2, 0.25) is 0 Å². The predicted octanol–water partition coefficient (Wildman–Crippen LogP) is 2.28. The zero-order valence-electron chi connectivity index (χ0n) is 15.7. The number of hydrogen-bond acceptors (Lipinski definition) is 5. The van der Waals surface area contributed by atoms with Gasteiger partial charge in [-0.15, -0.1) is 0 Å². The minimum atomic E-state index is -0.257. The number of anilines is 1. The minimum absolute atomic E-state index is 0.220. The highest BCUT2D eigenvalue weighted by atomic mass is 19.1. The van der Waals surface area contributed by atoms with Crippen molar-refractivity contribution < 1.29 is 13.9 Å². The summed E-state index contributed by atoms with van der Waals surface area (Å²) in [7, 11) is 1.94. The Hall–Kier alpha value is -1.96. The number of ether oxygens (including phenoxy) is 2. The lowest BCUT2D eigenvalue weighted by atomic mass is 9.94. The van der Waals surface area contributed by atoms with Crippen LogP contribution in [0, 0.1) is 11.7 Å². The van der Waals surface area contributed by atoms with Crippen LogP contribution in [0.1, 0.15) is 12.0 Å². The van der Waals surface area contributed by atoms with Crippen molar-refractivity contribution in [1.29, 1.82) is 0 Å². The molecule has 0 aliphatic carbocycles. The van der Waals surface area contributed by atoms with Crippen LogP contribution in [0.2, 0.25) is 0 Å². The van der Waals surface area contributed by atoms with Gasteiger partial charge in [-0.25, -0.2) is 4.39 Å². The SMILES string of the molecule is Cn1cc(CN2CCOC[C@]3(C[C@H](CNc4cccc(F)c4)CO3)C2)cn1. The fraction of sp³-hybridized carbons (Fsp3) is 0.550. The van der Waals surface area contributed by atoms with E-state index in [4.69, 9.17) is 9.47 Å². The normalized spacial score (nSPS) is 26.4. The molecule has 2 fully saturated rings. The molecule has 4 rings (SSSR count). The summed E-state index contributed by atoms with van der Waals surface area (Å²) in [5, 5.41) is 7.59. The largest absolute Gasteiger partial charge is 0.385 e. The summed E-state index contributed by atoms with van der Waals surface area (Å²) in [6, 6.07) is 6.59. The molecule has 27 heavy (non-hydrogen) atoms. The Morgan fingerprint density at radius 3 is 3.15 bits per heavy atom. The molecule has 3 heterocycles. The van der Waals surface area contributed by atoms with Crippen molar-refractivity contribution in [2.75, 3.05) is 44.8 Å². The molecule has 2 atom stereocenters. The van der Waals surface area contributed by atoms with E-state index in [0.717, 1.165) is 44.9 Å². The fourth-order valence-electron chi connectivity index (χ4n) is 4.07. The lowest BCUT2D eigenvalue weighted by molar-refractivity contribution is -0.0562. The van der Waals surface area contributed by atoms with Gasteiger partial charge < -0.3 is 14.8 Å². The molecule has 146 valence electrons. The van der Waals surface area contributed by atoms with E-state index in [2.05, 4.69) is 21.5 Å². The van der Waals surface area contributed by atoms with Crippen molar-refractivity contribution in [2.24, 2.45) is 13.0 Å². The molecule has 0 saturated carbocycles. The number of nitrogens with zero attached hydrogens (tertiary/aromatic N) is 3. The van der Waals surface area contributed by atoms with Crippen LogP contribution in [0.25, 0.3) is 0 Å². The highest BCUT2D eigenvalue weighted by molar-refractivity contribution is 5.43. The molecule has 7 heteroatoms. The molecule has 1 aromatic heterocycles. The lowest BCUT2D eigenvalue weighted by Crippen LogP contribution is -2.43. The summed E-state index contributed by atoms with van der Waals surface area (Å²) in [4.78, 5) is 2.40. The van der Waals surface area contributed by atoms with E-state index >= 15 is 0 Å². The van der Waals surface area contributed by atoms with Gasteiger partial charge in [0.25, 0.3) is 0 Å². The number of benzene rings is 1. The van der Waals surface area contributed by atoms with Gasteiger partial charge in [-0.3, -0.25) is 9.58 Å². The summed E-state index contributed by atoms with van der Waals surface area (Å²) in [5.41, 5.74) is 1.76. The zero-order valence-corrected chi connectivity index (χ0v) is 15.7. The first-order valence-corrected chi connectivity index (χ1v) is 9.51. The molecule has 1 N–H and O–H groups in total. The van der Waals surface area contributed by atoms with Gasteiger partial charge in [-0.1, -0.05) is 6.07 Å². The molecular weight excluding hydrogens is 347 g/mol. The van der Waals surface area contributed by atoms with E-state index < -0.39 is 0 Å². The van der Waals surface area contributed by atoms with Crippen LogP contribution in [0.15, 0.2) is 36.7 Å². The standard InChI is InChI=1S/C20H27FN4O2/c1-24-11-17(10-23-24)12-25-5-6-26-15-20(14-25)8-16(13-27-20)9-22-19-4-2-3-18(21)7-19/h2-4,7,10-11,16,22H,5-6,8-9,12-15H2,1H3/t16-,20+/m1/s1. The quantitative estimate of drug-likeness (QED) is 0.870. The van der Waals surface area contributed by atoms with Crippen molar-refractivity contribution in [1.82, 2.24) is 14.7 Å². The number of aromatic nitrogens is 2. The lowest BCUT2D eigenvalue weighted by Gasteiger charge is -2.31. The third-order valence-corrected chi connectivity index (χ3v) is 5.30. The molecule has 1 aromatic carbocycles. The Balaban J connectivity index is 1.34. The number of hydrogen-bond donors (Lipinski definition) is 1. The Morgan fingerprint density at radius 1 is 1.41 bits per heavy atom. The van der Waals surface area contributed by atoms with E-state index in [-0.39, 0.29) is 11.4 Å². The molecule has 2 aliphatic rings. The van der Waals surface area contributed by atoms with Crippen LogP contribution in [0.4, 0.5) is 10.1 Å². The first kappa shape index (κ1) is 18.4. The summed E-state index contributed by atoms with van der Waals surface area (Å²) >= 11 is 0. The van der Waals surface area contributed by atoms with Gasteiger partial charge in [0.05, 0.1) is 26.0 Å². The highest BCUT2D eigenvalue weighted by Gasteiger charge is 2.43. The average molecular weight is 374 g/mol. The second-order valence-corrected chi connectivity index (χ2v) is 7.74. The van der Waals surface area contributed by atoms with Gasteiger partial charge in [0.15, 0.2) is 0 Å². The number of aryl methyl sites for hydroxylation is 1. The summed E-state index contributed by atoms with van der Waals surface area (Å²) < 4.78 is 27.3. The van der Waals surface area contributed by atoms with Crippen molar-refractivity contribution in [3.8, 4) is 0 Å². The second kappa shape index (κ2) is 7.96. The van der Waals surface area contributed by atoms with Gasteiger partial charge in [-0.2, -0.15) is 5.10 Å². The summed E-state index contributed by atoms with van der Waals surface area (Å²) in [5.74, 6) is 0.164. The zero-order chi connectivity index (χ0) is 18.7. The van der Waals surface area contributed by atoms with Crippen molar-refractivity contribution in [2.45, 2.75) is 18.6 Å². The third kappa shape index (κ3) is 4.66. The van der Waals surface area contributed by atoms with Crippen LogP contribution < -0.4 is 5.32 Å². The third-order valence-electron chi connectivity index (χ3n) is 5.30. The maximum atomic E-state index is 13.3. The van der Waals surface area contributed by atoms with Crippen LogP contribution in [0.5, 0.6) is 0 Å². The molecule has 6 nitrogen and oxygen atoms in total. The smallest absolute Gasteiger partial charge is 0.125 e. The van der Waals surface area contributed by atoms with E-state index in [1.54, 1.807) is 6.07 Å². The maximum absolute atomic E-state index is 13.3. The number of halogens is 1. The van der Waals surface area contributed by atoms with Gasteiger partial charge >= 0.3 is 0 Å². The van der Waals surface area contributed by atoms with Crippen molar-refractivity contribution in [3.63, 3.8) is 0 Å². The maximum Gasteiger partial charge on any atom is 0.125 e. The highest BCUT2D eigenvalue weighted by Crippen LogP contribution is 2.33. The topological polar surface area (TPSA) is 51.5 Å². The molecule has 0 radical (unpaired) electrons. The summed E-state index contributed by atoms with van der Waals surface area (Å²) in [6.45, 7) is 5.43. The molecule has 0 amide bonds. The van der Waals surface area contributed by atoms with Crippen LogP contribution in [-0.2, 0) is 23.1 Å². The molecule has 2 saturated heterocycles. The molecule has 1 spiro atoms. The second-order valence-electron chi connectivity index (χ2n) is 7.74. The van der Waals surface area contributed by atoms with Gasteiger partial charge in [0.1, 0.15) is 11.4 Å². The van der Waals surface area contributed by atoms with Crippen LogP contribution >= 0.6 is 0 Å². The van der Waals surface area contributed by atoms with Crippen molar-refractivity contribution in [3.05, 3.63) is 48.0 Å². The number of rotatable bonds is 5. The Bertz CT molecular complexity index is 768. The van der Waals surface area contributed by atoms with E-state index in [1.165, 1.54) is 17.7 Å². The molecule has 0 unspecified atom stereocenters. The number of nitrogens with one attached hydrogen (secondary N) is 1. The van der Waals surface area contributed by atoms with Crippen LogP contribution in [0.3, 0.4) is 0 Å². The van der Waals surface area contributed by atoms with E-state index in [0.29, 0.717) is 19.1 Å². The van der Waals surface area contributed by atoms with Crippen LogP contribution in [-0.4, -0.2) is 59.7 Å².